The molecule has 0 unspecified atom stereocenters. The monoisotopic (exact) mass is 393 g/mol. The van der Waals surface area contributed by atoms with E-state index in [1.807, 2.05) is 0 Å². The van der Waals surface area contributed by atoms with Crippen molar-refractivity contribution in [2.45, 2.75) is 12.0 Å². The Labute approximate surface area is 127 Å². The van der Waals surface area contributed by atoms with Gasteiger partial charge in [0.05, 0.1) is 22.5 Å². The summed E-state index contributed by atoms with van der Waals surface area (Å²) in [5.41, 5.74) is -0.678. The SMILES string of the molecule is COc1cc(Br)c(OC2(CC(=O)O)CNC2)cc1Br. The van der Waals surface area contributed by atoms with Crippen LogP contribution in [-0.4, -0.2) is 36.9 Å². The predicted molar refractivity (Wildman–Crippen MR) is 76.9 cm³/mol. The van der Waals surface area contributed by atoms with Gasteiger partial charge < -0.3 is 19.9 Å². The van der Waals surface area contributed by atoms with Crippen LogP contribution < -0.4 is 14.8 Å². The van der Waals surface area contributed by atoms with Crippen molar-refractivity contribution < 1.29 is 19.4 Å². The second-order valence-electron chi connectivity index (χ2n) is 4.38. The molecule has 19 heavy (non-hydrogen) atoms. The van der Waals surface area contributed by atoms with Crippen molar-refractivity contribution in [3.05, 3.63) is 21.1 Å². The maximum Gasteiger partial charge on any atom is 0.307 e. The van der Waals surface area contributed by atoms with Crippen LogP contribution in [0.1, 0.15) is 6.42 Å². The molecule has 1 aliphatic rings. The van der Waals surface area contributed by atoms with Crippen molar-refractivity contribution in [3.8, 4) is 11.5 Å². The molecule has 104 valence electrons. The highest BCUT2D eigenvalue weighted by molar-refractivity contribution is 9.11. The third kappa shape index (κ3) is 3.21. The number of hydrogen-bond donors (Lipinski definition) is 2. The van der Waals surface area contributed by atoms with Crippen molar-refractivity contribution in [2.75, 3.05) is 20.2 Å². The third-order valence-electron chi connectivity index (χ3n) is 2.90. The van der Waals surface area contributed by atoms with E-state index in [0.717, 1.165) is 8.95 Å². The van der Waals surface area contributed by atoms with Gasteiger partial charge in [0.25, 0.3) is 0 Å². The van der Waals surface area contributed by atoms with Gasteiger partial charge in [-0.1, -0.05) is 0 Å². The summed E-state index contributed by atoms with van der Waals surface area (Å²) in [5.74, 6) is 0.402. The van der Waals surface area contributed by atoms with Gasteiger partial charge in [0.1, 0.15) is 17.1 Å². The summed E-state index contributed by atoms with van der Waals surface area (Å²) in [6.07, 6.45) is -0.0317. The lowest BCUT2D eigenvalue weighted by atomic mass is 9.92. The number of halogens is 2. The number of hydrogen-bond acceptors (Lipinski definition) is 4. The van der Waals surface area contributed by atoms with Gasteiger partial charge in [-0.3, -0.25) is 4.79 Å². The van der Waals surface area contributed by atoms with Gasteiger partial charge in [-0.2, -0.15) is 0 Å². The highest BCUT2D eigenvalue weighted by Crippen LogP contribution is 2.38. The molecular weight excluding hydrogens is 382 g/mol. The zero-order chi connectivity index (χ0) is 14.0. The molecule has 0 bridgehead atoms. The number of carboxylic acid groups (broad SMARTS) is 1. The molecule has 0 spiro atoms. The molecule has 0 aromatic heterocycles. The summed E-state index contributed by atoms with van der Waals surface area (Å²) in [6, 6.07) is 3.55. The van der Waals surface area contributed by atoms with Gasteiger partial charge in [-0.05, 0) is 44.0 Å². The number of benzene rings is 1. The minimum Gasteiger partial charge on any atom is -0.496 e. The minimum absolute atomic E-state index is 0.0317. The number of methoxy groups -OCH3 is 1. The summed E-state index contributed by atoms with van der Waals surface area (Å²) >= 11 is 6.78. The number of carbonyl (C=O) groups is 1. The van der Waals surface area contributed by atoms with E-state index in [4.69, 9.17) is 14.6 Å². The van der Waals surface area contributed by atoms with E-state index in [1.165, 1.54) is 0 Å². The molecule has 0 aliphatic carbocycles. The first-order valence-electron chi connectivity index (χ1n) is 5.60. The summed E-state index contributed by atoms with van der Waals surface area (Å²) in [7, 11) is 1.58. The van der Waals surface area contributed by atoms with E-state index >= 15 is 0 Å². The highest BCUT2D eigenvalue weighted by Gasteiger charge is 2.42. The number of aliphatic carboxylic acids is 1. The summed E-state index contributed by atoms with van der Waals surface area (Å²) in [4.78, 5) is 10.9. The Kier molecular flexibility index (Phi) is 4.37. The molecule has 1 heterocycles. The van der Waals surface area contributed by atoms with Crippen LogP contribution in [0.4, 0.5) is 0 Å². The first kappa shape index (κ1) is 14.6. The van der Waals surface area contributed by atoms with Crippen molar-refractivity contribution in [1.29, 1.82) is 0 Å². The minimum atomic E-state index is -0.870. The zero-order valence-electron chi connectivity index (χ0n) is 10.2. The Morgan fingerprint density at radius 3 is 2.42 bits per heavy atom. The smallest absolute Gasteiger partial charge is 0.307 e. The standard InChI is InChI=1S/C12H13Br2NO4/c1-18-9-2-8(14)10(3-7(9)13)19-12(4-11(16)17)5-15-6-12/h2-3,15H,4-6H2,1H3,(H,16,17). The Balaban J connectivity index is 2.23. The molecule has 0 amide bonds. The highest BCUT2D eigenvalue weighted by atomic mass is 79.9. The lowest BCUT2D eigenvalue weighted by Gasteiger charge is -2.41. The van der Waals surface area contributed by atoms with Gasteiger partial charge in [0.2, 0.25) is 0 Å². The summed E-state index contributed by atoms with van der Waals surface area (Å²) in [6.45, 7) is 1.05. The Morgan fingerprint density at radius 1 is 1.37 bits per heavy atom. The van der Waals surface area contributed by atoms with E-state index in [0.29, 0.717) is 24.6 Å². The summed E-state index contributed by atoms with van der Waals surface area (Å²) < 4.78 is 12.5. The number of nitrogens with one attached hydrogen (secondary N) is 1. The Hall–Kier alpha value is -0.790. The van der Waals surface area contributed by atoms with Crippen LogP contribution in [-0.2, 0) is 4.79 Å². The van der Waals surface area contributed by atoms with E-state index in [-0.39, 0.29) is 6.42 Å². The molecule has 0 atom stereocenters. The van der Waals surface area contributed by atoms with Crippen LogP contribution in [0.25, 0.3) is 0 Å². The average Bonchev–Trinajstić information content (AvgIpc) is 2.29. The third-order valence-corrected chi connectivity index (χ3v) is 4.14. The molecule has 2 rings (SSSR count). The lowest BCUT2D eigenvalue weighted by Crippen LogP contribution is -2.64. The number of carboxylic acids is 1. The molecule has 1 fully saturated rings. The molecule has 5 nitrogen and oxygen atoms in total. The van der Waals surface area contributed by atoms with Gasteiger partial charge in [-0.25, -0.2) is 0 Å². The first-order chi connectivity index (χ1) is 8.96. The van der Waals surface area contributed by atoms with Gasteiger partial charge in [-0.15, -0.1) is 0 Å². The molecule has 2 N–H and O–H groups in total. The van der Waals surface area contributed by atoms with E-state index < -0.39 is 11.6 Å². The lowest BCUT2D eigenvalue weighted by molar-refractivity contribution is -0.143. The van der Waals surface area contributed by atoms with Crippen LogP contribution in [0, 0.1) is 0 Å². The van der Waals surface area contributed by atoms with Gasteiger partial charge in [0.15, 0.2) is 0 Å². The zero-order valence-corrected chi connectivity index (χ0v) is 13.4. The van der Waals surface area contributed by atoms with Crippen LogP contribution >= 0.6 is 31.9 Å². The second kappa shape index (κ2) is 5.68. The average molecular weight is 395 g/mol. The van der Waals surface area contributed by atoms with Crippen LogP contribution in [0.3, 0.4) is 0 Å². The molecule has 1 saturated heterocycles. The fourth-order valence-electron chi connectivity index (χ4n) is 1.89. The van der Waals surface area contributed by atoms with Crippen LogP contribution in [0.15, 0.2) is 21.1 Å². The normalized spacial score (nSPS) is 16.6. The quantitative estimate of drug-likeness (QED) is 0.802. The molecule has 1 aromatic carbocycles. The predicted octanol–water partition coefficient (Wildman–Crippen LogP) is 2.42. The van der Waals surface area contributed by atoms with Crippen molar-refractivity contribution in [3.63, 3.8) is 0 Å². The van der Waals surface area contributed by atoms with Crippen LogP contribution in [0.5, 0.6) is 11.5 Å². The van der Waals surface area contributed by atoms with E-state index in [2.05, 4.69) is 37.2 Å². The maximum atomic E-state index is 10.9. The fraction of sp³-hybridized carbons (Fsp3) is 0.417. The van der Waals surface area contributed by atoms with E-state index in [9.17, 15) is 4.79 Å². The van der Waals surface area contributed by atoms with Gasteiger partial charge in [0, 0.05) is 13.1 Å². The van der Waals surface area contributed by atoms with Crippen LogP contribution in [0.2, 0.25) is 0 Å². The molecule has 1 aliphatic heterocycles. The van der Waals surface area contributed by atoms with Gasteiger partial charge >= 0.3 is 5.97 Å². The number of rotatable bonds is 5. The molecule has 1 aromatic rings. The van der Waals surface area contributed by atoms with E-state index in [1.54, 1.807) is 19.2 Å². The largest absolute Gasteiger partial charge is 0.496 e. The Morgan fingerprint density at radius 2 is 1.95 bits per heavy atom. The molecule has 0 saturated carbocycles. The van der Waals surface area contributed by atoms with Crippen molar-refractivity contribution in [2.24, 2.45) is 0 Å². The fourth-order valence-corrected chi connectivity index (χ4v) is 2.78. The number of ether oxygens (including phenoxy) is 2. The topological polar surface area (TPSA) is 67.8 Å². The van der Waals surface area contributed by atoms with Crippen molar-refractivity contribution in [1.82, 2.24) is 5.32 Å². The second-order valence-corrected chi connectivity index (χ2v) is 6.08. The molecule has 0 radical (unpaired) electrons. The molecular formula is C12H13Br2NO4. The molecule has 7 heteroatoms. The summed E-state index contributed by atoms with van der Waals surface area (Å²) in [5, 5.41) is 12.0. The Bertz CT molecular complexity index is 503. The maximum absolute atomic E-state index is 10.9. The van der Waals surface area contributed by atoms with Crippen molar-refractivity contribution >= 4 is 37.8 Å². The first-order valence-corrected chi connectivity index (χ1v) is 7.19.